The van der Waals surface area contributed by atoms with E-state index in [0.29, 0.717) is 11.1 Å². The van der Waals surface area contributed by atoms with E-state index in [1.165, 1.54) is 19.2 Å². The number of carbonyl (C=O) groups is 2. The largest absolute Gasteiger partial charge is 0.465 e. The summed E-state index contributed by atoms with van der Waals surface area (Å²) in [6, 6.07) is 10.3. The molecule has 0 saturated carbocycles. The zero-order valence-electron chi connectivity index (χ0n) is 11.6. The Balaban J connectivity index is 2.04. The first kappa shape index (κ1) is 16.0. The minimum absolute atomic E-state index is 0.00830. The Hall–Kier alpha value is -2.40. The van der Waals surface area contributed by atoms with Crippen LogP contribution in [0.15, 0.2) is 42.5 Å². The Morgan fingerprint density at radius 3 is 2.36 bits per heavy atom. The van der Waals surface area contributed by atoms with Crippen LogP contribution in [0.4, 0.5) is 4.39 Å². The third kappa shape index (κ3) is 3.62. The standard InChI is InChI=1S/C16H12ClFO4/c1-21-15(19)11-7-5-10(6-8-11)9-22-16(20)14-12(17)3-2-4-13(14)18/h2-8H,9H2,1H3. The molecule has 4 nitrogen and oxygen atoms in total. The average Bonchev–Trinajstić information content (AvgIpc) is 2.52. The van der Waals surface area contributed by atoms with Crippen molar-refractivity contribution in [3.63, 3.8) is 0 Å². The maximum Gasteiger partial charge on any atom is 0.342 e. The van der Waals surface area contributed by atoms with Gasteiger partial charge in [-0.2, -0.15) is 0 Å². The fourth-order valence-corrected chi connectivity index (χ4v) is 2.01. The van der Waals surface area contributed by atoms with Crippen LogP contribution in [0.5, 0.6) is 0 Å². The van der Waals surface area contributed by atoms with E-state index in [1.807, 2.05) is 0 Å². The van der Waals surface area contributed by atoms with Crippen LogP contribution in [0.1, 0.15) is 26.3 Å². The monoisotopic (exact) mass is 322 g/mol. The molecule has 0 amide bonds. The minimum atomic E-state index is -0.847. The first-order valence-electron chi connectivity index (χ1n) is 6.31. The number of esters is 2. The molecule has 6 heteroatoms. The molecule has 0 aliphatic carbocycles. The maximum absolute atomic E-state index is 13.6. The molecule has 0 aromatic heterocycles. The molecule has 0 radical (unpaired) electrons. The Morgan fingerprint density at radius 2 is 1.77 bits per heavy atom. The molecule has 0 atom stereocenters. The van der Waals surface area contributed by atoms with Crippen LogP contribution in [0.2, 0.25) is 5.02 Å². The highest BCUT2D eigenvalue weighted by atomic mass is 35.5. The highest BCUT2D eigenvalue weighted by Crippen LogP contribution is 2.20. The molecule has 0 saturated heterocycles. The van der Waals surface area contributed by atoms with E-state index in [-0.39, 0.29) is 17.2 Å². The second-order valence-electron chi connectivity index (χ2n) is 4.36. The molecule has 2 aromatic rings. The highest BCUT2D eigenvalue weighted by Gasteiger charge is 2.17. The number of hydrogen-bond donors (Lipinski definition) is 0. The van der Waals surface area contributed by atoms with Crippen molar-refractivity contribution < 1.29 is 23.5 Å². The normalized spacial score (nSPS) is 10.1. The molecule has 0 bridgehead atoms. The van der Waals surface area contributed by atoms with Crippen molar-refractivity contribution in [3.8, 4) is 0 Å². The van der Waals surface area contributed by atoms with Crippen molar-refractivity contribution in [2.75, 3.05) is 7.11 Å². The van der Waals surface area contributed by atoms with Gasteiger partial charge in [0.15, 0.2) is 0 Å². The summed E-state index contributed by atoms with van der Waals surface area (Å²) in [7, 11) is 1.29. The van der Waals surface area contributed by atoms with Crippen LogP contribution in [0.25, 0.3) is 0 Å². The van der Waals surface area contributed by atoms with Crippen molar-refractivity contribution in [1.29, 1.82) is 0 Å². The van der Waals surface area contributed by atoms with E-state index in [4.69, 9.17) is 16.3 Å². The molecule has 2 rings (SSSR count). The lowest BCUT2D eigenvalue weighted by Crippen LogP contribution is -2.08. The van der Waals surface area contributed by atoms with Gasteiger partial charge in [-0.05, 0) is 29.8 Å². The molecule has 0 aliphatic heterocycles. The fraction of sp³-hybridized carbons (Fsp3) is 0.125. The predicted octanol–water partition coefficient (Wildman–Crippen LogP) is 3.62. The summed E-state index contributed by atoms with van der Waals surface area (Å²) in [6.45, 7) is -0.0645. The van der Waals surface area contributed by atoms with Crippen LogP contribution < -0.4 is 0 Å². The first-order chi connectivity index (χ1) is 10.5. The molecular weight excluding hydrogens is 311 g/mol. The highest BCUT2D eigenvalue weighted by molar-refractivity contribution is 6.33. The van der Waals surface area contributed by atoms with E-state index in [9.17, 15) is 14.0 Å². The van der Waals surface area contributed by atoms with Crippen molar-refractivity contribution in [2.45, 2.75) is 6.61 Å². The van der Waals surface area contributed by atoms with E-state index in [2.05, 4.69) is 4.74 Å². The molecule has 0 fully saturated rings. The lowest BCUT2D eigenvalue weighted by atomic mass is 10.1. The van der Waals surface area contributed by atoms with Crippen molar-refractivity contribution >= 4 is 23.5 Å². The van der Waals surface area contributed by atoms with Crippen LogP contribution >= 0.6 is 11.6 Å². The topological polar surface area (TPSA) is 52.6 Å². The lowest BCUT2D eigenvalue weighted by Gasteiger charge is -2.07. The van der Waals surface area contributed by atoms with Gasteiger partial charge in [0.1, 0.15) is 18.0 Å². The number of benzene rings is 2. The van der Waals surface area contributed by atoms with Crippen LogP contribution in [-0.2, 0) is 16.1 Å². The summed E-state index contributed by atoms with van der Waals surface area (Å²) in [5.74, 6) is -2.04. The molecule has 0 N–H and O–H groups in total. The van der Waals surface area contributed by atoms with Crippen LogP contribution in [0, 0.1) is 5.82 Å². The Labute approximate surface area is 131 Å². The minimum Gasteiger partial charge on any atom is -0.465 e. The Bertz CT molecular complexity index is 678. The van der Waals surface area contributed by atoms with Gasteiger partial charge in [0.25, 0.3) is 0 Å². The van der Waals surface area contributed by atoms with Crippen molar-refractivity contribution in [3.05, 3.63) is 70.0 Å². The number of rotatable bonds is 4. The summed E-state index contributed by atoms with van der Waals surface area (Å²) in [5.41, 5.74) is 0.735. The number of methoxy groups -OCH3 is 1. The second kappa shape index (κ2) is 7.04. The summed E-state index contributed by atoms with van der Waals surface area (Å²) in [5, 5.41) is -0.00830. The van der Waals surface area contributed by atoms with Crippen molar-refractivity contribution in [2.24, 2.45) is 0 Å². The third-order valence-corrected chi connectivity index (χ3v) is 3.23. The smallest absolute Gasteiger partial charge is 0.342 e. The first-order valence-corrected chi connectivity index (χ1v) is 6.69. The van der Waals surface area contributed by atoms with E-state index < -0.39 is 17.8 Å². The second-order valence-corrected chi connectivity index (χ2v) is 4.77. The predicted molar refractivity (Wildman–Crippen MR) is 78.3 cm³/mol. The molecule has 22 heavy (non-hydrogen) atoms. The zero-order chi connectivity index (χ0) is 16.1. The van der Waals surface area contributed by atoms with E-state index in [1.54, 1.807) is 24.3 Å². The molecule has 114 valence electrons. The number of hydrogen-bond acceptors (Lipinski definition) is 4. The van der Waals surface area contributed by atoms with E-state index in [0.717, 1.165) is 6.07 Å². The van der Waals surface area contributed by atoms with Gasteiger partial charge in [-0.15, -0.1) is 0 Å². The number of carbonyl (C=O) groups excluding carboxylic acids is 2. The number of halogens is 2. The van der Waals surface area contributed by atoms with Gasteiger partial charge in [0.05, 0.1) is 17.7 Å². The summed E-state index contributed by atoms with van der Waals surface area (Å²) >= 11 is 5.79. The average molecular weight is 323 g/mol. The van der Waals surface area contributed by atoms with Gasteiger partial charge in [-0.3, -0.25) is 0 Å². The van der Waals surface area contributed by atoms with Crippen molar-refractivity contribution in [1.82, 2.24) is 0 Å². The van der Waals surface area contributed by atoms with Gasteiger partial charge in [0.2, 0.25) is 0 Å². The third-order valence-electron chi connectivity index (χ3n) is 2.91. The summed E-state index contributed by atoms with van der Waals surface area (Å²) < 4.78 is 23.2. The molecule has 0 spiro atoms. The molecule has 2 aromatic carbocycles. The van der Waals surface area contributed by atoms with E-state index >= 15 is 0 Å². The molecule has 0 heterocycles. The SMILES string of the molecule is COC(=O)c1ccc(COC(=O)c2c(F)cccc2Cl)cc1. The van der Waals surface area contributed by atoms with Gasteiger partial charge in [0, 0.05) is 0 Å². The molecule has 0 unspecified atom stereocenters. The lowest BCUT2D eigenvalue weighted by molar-refractivity contribution is 0.0466. The fourth-order valence-electron chi connectivity index (χ4n) is 1.77. The molecule has 0 aliphatic rings. The van der Waals surface area contributed by atoms with Crippen LogP contribution in [-0.4, -0.2) is 19.0 Å². The van der Waals surface area contributed by atoms with Gasteiger partial charge < -0.3 is 9.47 Å². The zero-order valence-corrected chi connectivity index (χ0v) is 12.4. The summed E-state index contributed by atoms with van der Waals surface area (Å²) in [4.78, 5) is 23.1. The summed E-state index contributed by atoms with van der Waals surface area (Å²) in [6.07, 6.45) is 0. The Morgan fingerprint density at radius 1 is 1.09 bits per heavy atom. The number of ether oxygens (including phenoxy) is 2. The van der Waals surface area contributed by atoms with Crippen LogP contribution in [0.3, 0.4) is 0 Å². The maximum atomic E-state index is 13.6. The quantitative estimate of drug-likeness (QED) is 0.807. The molecular formula is C16H12ClFO4. The van der Waals surface area contributed by atoms with Gasteiger partial charge >= 0.3 is 11.9 Å². The van der Waals surface area contributed by atoms with Gasteiger partial charge in [-0.1, -0.05) is 29.8 Å². The van der Waals surface area contributed by atoms with Gasteiger partial charge in [-0.25, -0.2) is 14.0 Å². The Kier molecular flexibility index (Phi) is 5.12.